The molecule has 1 N–H and O–H groups in total. The lowest BCUT2D eigenvalue weighted by atomic mass is 9.78. The molecule has 3 atom stereocenters. The molecule has 0 aliphatic heterocycles. The van der Waals surface area contributed by atoms with Gasteiger partial charge in [0, 0.05) is 12.1 Å². The normalized spacial score (nSPS) is 25.2. The van der Waals surface area contributed by atoms with Gasteiger partial charge in [-0.2, -0.15) is 0 Å². The molecule has 1 amide bonds. The lowest BCUT2D eigenvalue weighted by Gasteiger charge is -2.40. The highest BCUT2D eigenvalue weighted by Gasteiger charge is 2.34. The van der Waals surface area contributed by atoms with Crippen LogP contribution in [0, 0.1) is 0 Å². The van der Waals surface area contributed by atoms with Gasteiger partial charge >= 0.3 is 6.09 Å². The number of likely N-dealkylation sites (N-methyl/N-ethyl adjacent to an activating group) is 1. The number of alkyl carbamates (subject to hydrolysis) is 1. The Morgan fingerprint density at radius 3 is 2.39 bits per heavy atom. The molecule has 0 aromatic heterocycles. The van der Waals surface area contributed by atoms with E-state index >= 15 is 0 Å². The van der Waals surface area contributed by atoms with Crippen molar-refractivity contribution in [2.75, 3.05) is 14.1 Å². The van der Waals surface area contributed by atoms with Crippen LogP contribution in [0.5, 0.6) is 0 Å². The Kier molecular flexibility index (Phi) is 5.69. The van der Waals surface area contributed by atoms with E-state index in [-0.39, 0.29) is 12.1 Å². The van der Waals surface area contributed by atoms with Gasteiger partial charge in [0.05, 0.1) is 0 Å². The molecule has 4 nitrogen and oxygen atoms in total. The summed E-state index contributed by atoms with van der Waals surface area (Å²) in [6, 6.07) is 11.1. The van der Waals surface area contributed by atoms with Crippen molar-refractivity contribution < 1.29 is 9.53 Å². The Morgan fingerprint density at radius 2 is 1.83 bits per heavy atom. The zero-order chi connectivity index (χ0) is 17.0. The molecule has 128 valence electrons. The molecule has 0 heterocycles. The van der Waals surface area contributed by atoms with Crippen molar-refractivity contribution in [1.29, 1.82) is 0 Å². The van der Waals surface area contributed by atoms with Crippen LogP contribution in [0.15, 0.2) is 30.3 Å². The number of hydrogen-bond donors (Lipinski definition) is 1. The second-order valence-electron chi connectivity index (χ2n) is 7.70. The van der Waals surface area contributed by atoms with Gasteiger partial charge in [0.1, 0.15) is 5.60 Å². The summed E-state index contributed by atoms with van der Waals surface area (Å²) in [4.78, 5) is 14.3. The van der Waals surface area contributed by atoms with Crippen LogP contribution in [0.3, 0.4) is 0 Å². The lowest BCUT2D eigenvalue weighted by Crippen LogP contribution is -2.53. The van der Waals surface area contributed by atoms with E-state index in [1.807, 2.05) is 20.8 Å². The number of nitrogens with zero attached hydrogens (tertiary/aromatic N) is 1. The van der Waals surface area contributed by atoms with Crippen LogP contribution in [-0.4, -0.2) is 42.8 Å². The summed E-state index contributed by atoms with van der Waals surface area (Å²) in [5, 5.41) is 3.08. The summed E-state index contributed by atoms with van der Waals surface area (Å²) in [5.74, 6) is 0.556. The number of benzene rings is 1. The maximum absolute atomic E-state index is 12.1. The molecule has 4 heteroatoms. The Hall–Kier alpha value is -1.55. The fraction of sp³-hybridized carbons (Fsp3) is 0.632. The molecule has 0 bridgehead atoms. The third-order valence-corrected chi connectivity index (χ3v) is 4.45. The van der Waals surface area contributed by atoms with E-state index in [9.17, 15) is 4.79 Å². The highest BCUT2D eigenvalue weighted by molar-refractivity contribution is 5.68. The van der Waals surface area contributed by atoms with Gasteiger partial charge in [0.25, 0.3) is 0 Å². The van der Waals surface area contributed by atoms with Crippen LogP contribution in [0.25, 0.3) is 0 Å². The van der Waals surface area contributed by atoms with Crippen molar-refractivity contribution in [2.24, 2.45) is 0 Å². The zero-order valence-corrected chi connectivity index (χ0v) is 15.0. The van der Waals surface area contributed by atoms with Crippen LogP contribution >= 0.6 is 0 Å². The first-order valence-corrected chi connectivity index (χ1v) is 8.47. The van der Waals surface area contributed by atoms with Crippen molar-refractivity contribution >= 4 is 6.09 Å². The van der Waals surface area contributed by atoms with E-state index < -0.39 is 5.60 Å². The van der Waals surface area contributed by atoms with Crippen molar-refractivity contribution in [1.82, 2.24) is 10.2 Å². The molecule has 1 unspecified atom stereocenters. The average molecular weight is 318 g/mol. The predicted molar refractivity (Wildman–Crippen MR) is 93.7 cm³/mol. The molecule has 1 aromatic carbocycles. The molecule has 1 fully saturated rings. The molecular formula is C19H30N2O2. The van der Waals surface area contributed by atoms with Crippen LogP contribution < -0.4 is 5.32 Å². The van der Waals surface area contributed by atoms with Crippen LogP contribution in [-0.2, 0) is 4.74 Å². The highest BCUT2D eigenvalue weighted by atomic mass is 16.6. The van der Waals surface area contributed by atoms with E-state index in [2.05, 4.69) is 54.6 Å². The zero-order valence-electron chi connectivity index (χ0n) is 15.0. The Morgan fingerprint density at radius 1 is 1.17 bits per heavy atom. The van der Waals surface area contributed by atoms with Gasteiger partial charge in [-0.05, 0) is 65.6 Å². The first kappa shape index (κ1) is 17.8. The number of ether oxygens (including phenoxy) is 1. The number of hydrogen-bond acceptors (Lipinski definition) is 3. The maximum Gasteiger partial charge on any atom is 0.407 e. The first-order valence-electron chi connectivity index (χ1n) is 8.47. The van der Waals surface area contributed by atoms with Crippen molar-refractivity contribution in [2.45, 2.75) is 63.6 Å². The standard InChI is InChI=1S/C19H30N2O2/c1-19(2,3)23-18(22)20-16-12-11-15(13-17(16)21(4)5)14-9-7-6-8-10-14/h6-10,15-17H,11-13H2,1-5H3,(H,20,22)/t15-,16?,17-/m0/s1. The van der Waals surface area contributed by atoms with Gasteiger partial charge in [-0.15, -0.1) is 0 Å². The minimum atomic E-state index is -0.459. The quantitative estimate of drug-likeness (QED) is 0.922. The fourth-order valence-electron chi connectivity index (χ4n) is 3.37. The second kappa shape index (κ2) is 7.35. The number of nitrogens with one attached hydrogen (secondary N) is 1. The Balaban J connectivity index is 2.01. The monoisotopic (exact) mass is 318 g/mol. The highest BCUT2D eigenvalue weighted by Crippen LogP contribution is 2.34. The summed E-state index contributed by atoms with van der Waals surface area (Å²) in [5.41, 5.74) is 0.939. The molecule has 23 heavy (non-hydrogen) atoms. The van der Waals surface area contributed by atoms with Crippen LogP contribution in [0.1, 0.15) is 51.5 Å². The number of rotatable bonds is 3. The van der Waals surface area contributed by atoms with Crippen LogP contribution in [0.2, 0.25) is 0 Å². The average Bonchev–Trinajstić information content (AvgIpc) is 2.46. The van der Waals surface area contributed by atoms with Gasteiger partial charge in [0.15, 0.2) is 0 Å². The molecule has 2 rings (SSSR count). The van der Waals surface area contributed by atoms with E-state index in [1.165, 1.54) is 5.56 Å². The Labute approximate surface area is 140 Å². The molecule has 1 aromatic rings. The molecule has 1 aliphatic rings. The molecule has 0 saturated heterocycles. The smallest absolute Gasteiger partial charge is 0.407 e. The number of amides is 1. The summed E-state index contributed by atoms with van der Waals surface area (Å²) in [6.45, 7) is 5.67. The predicted octanol–water partition coefficient (Wildman–Crippen LogP) is 3.78. The van der Waals surface area contributed by atoms with Gasteiger partial charge in [0.2, 0.25) is 0 Å². The summed E-state index contributed by atoms with van der Waals surface area (Å²) in [6.07, 6.45) is 2.81. The first-order chi connectivity index (χ1) is 10.8. The third-order valence-electron chi connectivity index (χ3n) is 4.45. The molecule has 1 aliphatic carbocycles. The van der Waals surface area contributed by atoms with Crippen LogP contribution in [0.4, 0.5) is 4.79 Å². The number of carbonyl (C=O) groups excluding carboxylic acids is 1. The molecule has 0 radical (unpaired) electrons. The molecule has 0 spiro atoms. The van der Waals surface area contributed by atoms with E-state index in [1.54, 1.807) is 0 Å². The lowest BCUT2D eigenvalue weighted by molar-refractivity contribution is 0.0445. The largest absolute Gasteiger partial charge is 0.444 e. The second-order valence-corrected chi connectivity index (χ2v) is 7.70. The van der Waals surface area contributed by atoms with Crippen molar-refractivity contribution in [3.05, 3.63) is 35.9 Å². The maximum atomic E-state index is 12.1. The Bertz CT molecular complexity index is 508. The minimum absolute atomic E-state index is 0.139. The summed E-state index contributed by atoms with van der Waals surface area (Å²) >= 11 is 0. The fourth-order valence-corrected chi connectivity index (χ4v) is 3.37. The topological polar surface area (TPSA) is 41.6 Å². The summed E-state index contributed by atoms with van der Waals surface area (Å²) in [7, 11) is 4.17. The van der Waals surface area contributed by atoms with Crippen molar-refractivity contribution in [3.63, 3.8) is 0 Å². The minimum Gasteiger partial charge on any atom is -0.444 e. The number of carbonyl (C=O) groups is 1. The summed E-state index contributed by atoms with van der Waals surface area (Å²) < 4.78 is 5.41. The molecule has 1 saturated carbocycles. The van der Waals surface area contributed by atoms with Gasteiger partial charge in [-0.25, -0.2) is 4.79 Å². The van der Waals surface area contributed by atoms with E-state index in [0.717, 1.165) is 19.3 Å². The van der Waals surface area contributed by atoms with Gasteiger partial charge < -0.3 is 15.0 Å². The van der Waals surface area contributed by atoms with Crippen molar-refractivity contribution in [3.8, 4) is 0 Å². The van der Waals surface area contributed by atoms with E-state index in [0.29, 0.717) is 12.0 Å². The van der Waals surface area contributed by atoms with Gasteiger partial charge in [-0.1, -0.05) is 30.3 Å². The van der Waals surface area contributed by atoms with E-state index in [4.69, 9.17) is 4.74 Å². The third kappa shape index (κ3) is 5.24. The van der Waals surface area contributed by atoms with Gasteiger partial charge in [-0.3, -0.25) is 0 Å². The molecular weight excluding hydrogens is 288 g/mol. The SMILES string of the molecule is CN(C)[C@H]1C[C@@H](c2ccccc2)CCC1NC(=O)OC(C)(C)C.